The minimum atomic E-state index is -0.396. The van der Waals surface area contributed by atoms with Crippen LogP contribution in [0.15, 0.2) is 42.5 Å². The van der Waals surface area contributed by atoms with E-state index in [9.17, 15) is 9.59 Å². The van der Waals surface area contributed by atoms with Gasteiger partial charge >= 0.3 is 0 Å². The fourth-order valence-electron chi connectivity index (χ4n) is 2.75. The van der Waals surface area contributed by atoms with Crippen LogP contribution in [0.1, 0.15) is 12.0 Å². The van der Waals surface area contributed by atoms with Gasteiger partial charge in [-0.3, -0.25) is 9.59 Å². The zero-order valence-electron chi connectivity index (χ0n) is 13.1. The molecule has 4 nitrogen and oxygen atoms in total. The summed E-state index contributed by atoms with van der Waals surface area (Å²) in [7, 11) is 0. The zero-order valence-corrected chi connectivity index (χ0v) is 14.6. The number of hydrogen-bond acceptors (Lipinski definition) is 2. The highest BCUT2D eigenvalue weighted by atomic mass is 35.5. The standard InChI is InChI=1S/C18H16Cl2N2O2/c1-11-3-2-4-14(7-11)22-10-12(8-17(22)23)18(24)21-13-5-6-15(19)16(20)9-13/h2-7,9,12H,8,10H2,1H3,(H,21,24). The Kier molecular flexibility index (Phi) is 4.78. The van der Waals surface area contributed by atoms with Crippen LogP contribution in [-0.4, -0.2) is 18.4 Å². The summed E-state index contributed by atoms with van der Waals surface area (Å²) in [4.78, 5) is 26.4. The van der Waals surface area contributed by atoms with Crippen LogP contribution in [0.25, 0.3) is 0 Å². The van der Waals surface area contributed by atoms with Crippen LogP contribution in [0.3, 0.4) is 0 Å². The highest BCUT2D eigenvalue weighted by molar-refractivity contribution is 6.42. The van der Waals surface area contributed by atoms with Crippen molar-refractivity contribution in [1.82, 2.24) is 0 Å². The van der Waals surface area contributed by atoms with Crippen LogP contribution in [0, 0.1) is 12.8 Å². The molecule has 1 N–H and O–H groups in total. The second-order valence-corrected chi connectivity index (χ2v) is 6.68. The maximum Gasteiger partial charge on any atom is 0.229 e. The number of halogens is 2. The van der Waals surface area contributed by atoms with Gasteiger partial charge in [-0.15, -0.1) is 0 Å². The maximum absolute atomic E-state index is 12.4. The Morgan fingerprint density at radius 1 is 1.17 bits per heavy atom. The summed E-state index contributed by atoms with van der Waals surface area (Å²) >= 11 is 11.8. The Bertz CT molecular complexity index is 807. The van der Waals surface area contributed by atoms with Gasteiger partial charge in [-0.25, -0.2) is 0 Å². The van der Waals surface area contributed by atoms with E-state index in [1.54, 1.807) is 23.1 Å². The number of nitrogens with one attached hydrogen (secondary N) is 1. The van der Waals surface area contributed by atoms with Crippen LogP contribution in [0.4, 0.5) is 11.4 Å². The monoisotopic (exact) mass is 362 g/mol. The van der Waals surface area contributed by atoms with Crippen molar-refractivity contribution in [3.05, 3.63) is 58.1 Å². The van der Waals surface area contributed by atoms with Crippen molar-refractivity contribution in [2.45, 2.75) is 13.3 Å². The molecule has 0 radical (unpaired) electrons. The molecule has 0 spiro atoms. The quantitative estimate of drug-likeness (QED) is 0.884. The van der Waals surface area contributed by atoms with Gasteiger partial charge in [-0.1, -0.05) is 35.3 Å². The lowest BCUT2D eigenvalue weighted by molar-refractivity contribution is -0.122. The SMILES string of the molecule is Cc1cccc(N2CC(C(=O)Nc3ccc(Cl)c(Cl)c3)CC2=O)c1. The van der Waals surface area contributed by atoms with E-state index in [0.29, 0.717) is 22.3 Å². The van der Waals surface area contributed by atoms with Crippen LogP contribution in [0.2, 0.25) is 10.0 Å². The number of rotatable bonds is 3. The van der Waals surface area contributed by atoms with Crippen molar-refractivity contribution >= 4 is 46.4 Å². The molecule has 1 unspecified atom stereocenters. The number of carbonyl (C=O) groups excluding carboxylic acids is 2. The highest BCUT2D eigenvalue weighted by Crippen LogP contribution is 2.28. The van der Waals surface area contributed by atoms with Gasteiger partial charge in [0.25, 0.3) is 0 Å². The van der Waals surface area contributed by atoms with Gasteiger partial charge in [0.1, 0.15) is 0 Å². The summed E-state index contributed by atoms with van der Waals surface area (Å²) in [5, 5.41) is 3.60. The lowest BCUT2D eigenvalue weighted by Crippen LogP contribution is -2.28. The number of hydrogen-bond donors (Lipinski definition) is 1. The molecule has 2 amide bonds. The molecule has 124 valence electrons. The van der Waals surface area contributed by atoms with E-state index in [1.807, 2.05) is 31.2 Å². The lowest BCUT2D eigenvalue weighted by atomic mass is 10.1. The number of amides is 2. The Morgan fingerprint density at radius 2 is 1.96 bits per heavy atom. The second-order valence-electron chi connectivity index (χ2n) is 5.86. The molecule has 1 aliphatic heterocycles. The average Bonchev–Trinajstić information content (AvgIpc) is 2.93. The van der Waals surface area contributed by atoms with E-state index in [-0.39, 0.29) is 18.2 Å². The van der Waals surface area contributed by atoms with E-state index >= 15 is 0 Å². The molecule has 0 bridgehead atoms. The van der Waals surface area contributed by atoms with Crippen LogP contribution in [0.5, 0.6) is 0 Å². The van der Waals surface area contributed by atoms with Crippen molar-refractivity contribution in [1.29, 1.82) is 0 Å². The fraction of sp³-hybridized carbons (Fsp3) is 0.222. The molecule has 2 aromatic rings. The molecule has 0 aliphatic carbocycles. The summed E-state index contributed by atoms with van der Waals surface area (Å²) in [6.45, 7) is 2.34. The first-order valence-electron chi connectivity index (χ1n) is 7.57. The van der Waals surface area contributed by atoms with E-state index in [2.05, 4.69) is 5.32 Å². The normalized spacial score (nSPS) is 17.2. The smallest absolute Gasteiger partial charge is 0.229 e. The molecule has 1 atom stereocenters. The molecular weight excluding hydrogens is 347 g/mol. The topological polar surface area (TPSA) is 49.4 Å². The van der Waals surface area contributed by atoms with Crippen LogP contribution < -0.4 is 10.2 Å². The third-order valence-corrected chi connectivity index (χ3v) is 4.74. The first-order chi connectivity index (χ1) is 11.4. The van der Waals surface area contributed by atoms with Gasteiger partial charge in [0.2, 0.25) is 11.8 Å². The number of anilines is 2. The van der Waals surface area contributed by atoms with E-state index in [4.69, 9.17) is 23.2 Å². The summed E-state index contributed by atoms with van der Waals surface area (Å²) in [5.41, 5.74) is 2.46. The van der Waals surface area contributed by atoms with Gasteiger partial charge < -0.3 is 10.2 Å². The van der Waals surface area contributed by atoms with Gasteiger partial charge in [0.15, 0.2) is 0 Å². The Labute approximate surface area is 150 Å². The van der Waals surface area contributed by atoms with E-state index in [1.165, 1.54) is 0 Å². The molecule has 3 rings (SSSR count). The Hall–Kier alpha value is -2.04. The molecule has 1 saturated heterocycles. The van der Waals surface area contributed by atoms with Crippen molar-refractivity contribution in [3.63, 3.8) is 0 Å². The van der Waals surface area contributed by atoms with E-state index < -0.39 is 5.92 Å². The lowest BCUT2D eigenvalue weighted by Gasteiger charge is -2.17. The van der Waals surface area contributed by atoms with Gasteiger partial charge in [-0.05, 0) is 42.8 Å². The molecule has 1 fully saturated rings. The maximum atomic E-state index is 12.4. The first kappa shape index (κ1) is 16.8. The third kappa shape index (κ3) is 3.55. The predicted molar refractivity (Wildman–Crippen MR) is 96.7 cm³/mol. The summed E-state index contributed by atoms with van der Waals surface area (Å²) < 4.78 is 0. The zero-order chi connectivity index (χ0) is 17.3. The first-order valence-corrected chi connectivity index (χ1v) is 8.32. The number of benzene rings is 2. The largest absolute Gasteiger partial charge is 0.326 e. The minimum absolute atomic E-state index is 0.0464. The van der Waals surface area contributed by atoms with Crippen molar-refractivity contribution in [3.8, 4) is 0 Å². The fourth-order valence-corrected chi connectivity index (χ4v) is 3.04. The molecule has 0 aromatic heterocycles. The molecule has 1 heterocycles. The number of nitrogens with zero attached hydrogens (tertiary/aromatic N) is 1. The highest BCUT2D eigenvalue weighted by Gasteiger charge is 2.35. The molecular formula is C18H16Cl2N2O2. The van der Waals surface area contributed by atoms with Gasteiger partial charge in [0, 0.05) is 24.3 Å². The molecule has 1 aliphatic rings. The molecule has 24 heavy (non-hydrogen) atoms. The number of aryl methyl sites for hydroxylation is 1. The summed E-state index contributed by atoms with van der Waals surface area (Å²) in [6, 6.07) is 12.6. The van der Waals surface area contributed by atoms with Gasteiger partial charge in [-0.2, -0.15) is 0 Å². The number of carbonyl (C=O) groups is 2. The van der Waals surface area contributed by atoms with Crippen molar-refractivity contribution in [2.75, 3.05) is 16.8 Å². The molecule has 6 heteroatoms. The van der Waals surface area contributed by atoms with Crippen LogP contribution >= 0.6 is 23.2 Å². The van der Waals surface area contributed by atoms with Crippen LogP contribution in [-0.2, 0) is 9.59 Å². The van der Waals surface area contributed by atoms with Crippen molar-refractivity contribution in [2.24, 2.45) is 5.92 Å². The summed E-state index contributed by atoms with van der Waals surface area (Å²) in [6.07, 6.45) is 0.196. The molecule has 0 saturated carbocycles. The van der Waals surface area contributed by atoms with Gasteiger partial charge in [0.05, 0.1) is 16.0 Å². The summed E-state index contributed by atoms with van der Waals surface area (Å²) in [5.74, 6) is -0.640. The second kappa shape index (κ2) is 6.83. The Morgan fingerprint density at radius 3 is 2.67 bits per heavy atom. The van der Waals surface area contributed by atoms with E-state index in [0.717, 1.165) is 11.3 Å². The average molecular weight is 363 g/mol. The molecule has 2 aromatic carbocycles. The van der Waals surface area contributed by atoms with Crippen molar-refractivity contribution < 1.29 is 9.59 Å². The predicted octanol–water partition coefficient (Wildman–Crippen LogP) is 4.29. The third-order valence-electron chi connectivity index (χ3n) is 4.00. The Balaban J connectivity index is 1.70. The minimum Gasteiger partial charge on any atom is -0.326 e.